The summed E-state index contributed by atoms with van der Waals surface area (Å²) in [6, 6.07) is 10.4. The fraction of sp³-hybridized carbons (Fsp3) is 0.333. The molecule has 1 atom stereocenters. The van der Waals surface area contributed by atoms with E-state index in [9.17, 15) is 18.4 Å². The van der Waals surface area contributed by atoms with Crippen LogP contribution in [0.3, 0.4) is 0 Å². The average Bonchev–Trinajstić information content (AvgIpc) is 2.69. The summed E-state index contributed by atoms with van der Waals surface area (Å²) in [5.74, 6) is -0.608. The van der Waals surface area contributed by atoms with E-state index in [4.69, 9.17) is 10.5 Å². The first-order chi connectivity index (χ1) is 14.2. The molecule has 0 radical (unpaired) electrons. The Kier molecular flexibility index (Phi) is 8.11. The summed E-state index contributed by atoms with van der Waals surface area (Å²) in [5.41, 5.74) is 6.86. The van der Waals surface area contributed by atoms with Crippen molar-refractivity contribution >= 4 is 17.5 Å². The first kappa shape index (κ1) is 23.1. The van der Waals surface area contributed by atoms with E-state index >= 15 is 0 Å². The lowest BCUT2D eigenvalue weighted by Gasteiger charge is -2.24. The number of anilines is 1. The molecule has 3 N–H and O–H groups in total. The van der Waals surface area contributed by atoms with Crippen molar-refractivity contribution in [2.24, 2.45) is 5.73 Å². The van der Waals surface area contributed by atoms with Crippen molar-refractivity contribution in [3.05, 3.63) is 53.6 Å². The Morgan fingerprint density at radius 3 is 2.37 bits per heavy atom. The molecule has 30 heavy (non-hydrogen) atoms. The number of carbonyl (C=O) groups excluding carboxylic acids is 2. The molecule has 9 heteroatoms. The molecular formula is C21H25F2N3O4. The van der Waals surface area contributed by atoms with Gasteiger partial charge in [-0.2, -0.15) is 8.78 Å². The molecule has 2 aromatic rings. The predicted molar refractivity (Wildman–Crippen MR) is 109 cm³/mol. The Morgan fingerprint density at radius 2 is 1.80 bits per heavy atom. The van der Waals surface area contributed by atoms with Crippen molar-refractivity contribution in [2.75, 3.05) is 19.0 Å². The van der Waals surface area contributed by atoms with E-state index in [1.165, 1.54) is 18.2 Å². The number of likely N-dealkylation sites (N-methyl/N-ethyl adjacent to an activating group) is 1. The Balaban J connectivity index is 2.03. The van der Waals surface area contributed by atoms with Crippen LogP contribution in [0.15, 0.2) is 42.5 Å². The topological polar surface area (TPSA) is 93.9 Å². The van der Waals surface area contributed by atoms with Crippen LogP contribution in [0.1, 0.15) is 29.8 Å². The van der Waals surface area contributed by atoms with Crippen LogP contribution in [0.4, 0.5) is 14.5 Å². The summed E-state index contributed by atoms with van der Waals surface area (Å²) in [4.78, 5) is 25.5. The Bertz CT molecular complexity index is 875. The van der Waals surface area contributed by atoms with Gasteiger partial charge < -0.3 is 20.5 Å². The zero-order chi connectivity index (χ0) is 22.3. The molecule has 2 aromatic carbocycles. The van der Waals surface area contributed by atoms with E-state index in [2.05, 4.69) is 10.1 Å². The van der Waals surface area contributed by atoms with E-state index in [0.717, 1.165) is 5.56 Å². The van der Waals surface area contributed by atoms with Gasteiger partial charge in [-0.05, 0) is 62.9 Å². The number of nitrogens with one attached hydrogen (secondary N) is 1. The normalized spacial score (nSPS) is 12.0. The number of nitrogens with two attached hydrogens (primary N) is 1. The summed E-state index contributed by atoms with van der Waals surface area (Å²) in [6.45, 7) is 1.22. The highest BCUT2D eigenvalue weighted by molar-refractivity contribution is 5.96. The lowest BCUT2D eigenvalue weighted by Crippen LogP contribution is -2.39. The molecular weight excluding hydrogens is 396 g/mol. The standard InChI is InChI=1S/C21H25F2N3O4/c1-4-29-18-11-14(5-10-17(18)30-21(22)23)12-26(3)13(2)20(28)25-16-8-6-15(7-9-16)19(24)27/h5-11,13,21H,4,12H2,1-3H3,(H2,24,27)(H,25,28). The fourth-order valence-corrected chi connectivity index (χ4v) is 2.70. The van der Waals surface area contributed by atoms with Gasteiger partial charge in [-0.25, -0.2) is 0 Å². The van der Waals surface area contributed by atoms with Crippen LogP contribution < -0.4 is 20.5 Å². The maximum absolute atomic E-state index is 12.5. The average molecular weight is 421 g/mol. The smallest absolute Gasteiger partial charge is 0.387 e. The SMILES string of the molecule is CCOc1cc(CN(C)C(C)C(=O)Nc2ccc(C(N)=O)cc2)ccc1OC(F)F. The van der Waals surface area contributed by atoms with Gasteiger partial charge in [-0.1, -0.05) is 6.07 Å². The molecule has 0 aliphatic heterocycles. The quantitative estimate of drug-likeness (QED) is 0.614. The second kappa shape index (κ2) is 10.5. The van der Waals surface area contributed by atoms with E-state index in [1.807, 2.05) is 0 Å². The van der Waals surface area contributed by atoms with Crippen LogP contribution in [0.25, 0.3) is 0 Å². The maximum atomic E-state index is 12.5. The van der Waals surface area contributed by atoms with Gasteiger partial charge in [-0.3, -0.25) is 14.5 Å². The number of carbonyl (C=O) groups is 2. The van der Waals surface area contributed by atoms with E-state index < -0.39 is 18.6 Å². The molecule has 0 saturated carbocycles. The van der Waals surface area contributed by atoms with Gasteiger partial charge in [0.05, 0.1) is 12.6 Å². The van der Waals surface area contributed by atoms with E-state index in [0.29, 0.717) is 24.4 Å². The first-order valence-electron chi connectivity index (χ1n) is 9.32. The minimum atomic E-state index is -2.95. The largest absolute Gasteiger partial charge is 0.490 e. The third kappa shape index (κ3) is 6.41. The van der Waals surface area contributed by atoms with Crippen molar-refractivity contribution < 1.29 is 27.8 Å². The molecule has 7 nitrogen and oxygen atoms in total. The number of alkyl halides is 2. The third-order valence-electron chi connectivity index (χ3n) is 4.43. The predicted octanol–water partition coefficient (Wildman–Crippen LogP) is 3.24. The lowest BCUT2D eigenvalue weighted by atomic mass is 10.1. The zero-order valence-electron chi connectivity index (χ0n) is 17.0. The summed E-state index contributed by atoms with van der Waals surface area (Å²) < 4.78 is 34.9. The molecule has 0 bridgehead atoms. The van der Waals surface area contributed by atoms with Crippen LogP contribution in [0.2, 0.25) is 0 Å². The highest BCUT2D eigenvalue weighted by atomic mass is 19.3. The second-order valence-electron chi connectivity index (χ2n) is 6.61. The number of primary amides is 1. The molecule has 0 heterocycles. The van der Waals surface area contributed by atoms with E-state index in [-0.39, 0.29) is 17.4 Å². The first-order valence-corrected chi connectivity index (χ1v) is 9.32. The second-order valence-corrected chi connectivity index (χ2v) is 6.61. The zero-order valence-corrected chi connectivity index (χ0v) is 17.0. The van der Waals surface area contributed by atoms with Crippen molar-refractivity contribution in [3.8, 4) is 11.5 Å². The minimum Gasteiger partial charge on any atom is -0.490 e. The molecule has 0 saturated heterocycles. The number of nitrogens with zero attached hydrogens (tertiary/aromatic N) is 1. The number of ether oxygens (including phenoxy) is 2. The molecule has 0 aromatic heterocycles. The maximum Gasteiger partial charge on any atom is 0.387 e. The van der Waals surface area contributed by atoms with Gasteiger partial charge in [0, 0.05) is 17.8 Å². The van der Waals surface area contributed by atoms with Gasteiger partial charge >= 0.3 is 6.61 Å². The molecule has 0 aliphatic rings. The van der Waals surface area contributed by atoms with Crippen molar-refractivity contribution in [1.29, 1.82) is 0 Å². The van der Waals surface area contributed by atoms with Crippen molar-refractivity contribution in [1.82, 2.24) is 4.90 Å². The Labute approximate surface area is 173 Å². The molecule has 2 rings (SSSR count). The van der Waals surface area contributed by atoms with Gasteiger partial charge in [-0.15, -0.1) is 0 Å². The van der Waals surface area contributed by atoms with Crippen LogP contribution in [-0.2, 0) is 11.3 Å². The van der Waals surface area contributed by atoms with Crippen molar-refractivity contribution in [3.63, 3.8) is 0 Å². The summed E-state index contributed by atoms with van der Waals surface area (Å²) in [7, 11) is 1.77. The molecule has 0 aliphatic carbocycles. The van der Waals surface area contributed by atoms with Gasteiger partial charge in [0.15, 0.2) is 11.5 Å². The summed E-state index contributed by atoms with van der Waals surface area (Å²) in [5, 5.41) is 2.78. The van der Waals surface area contributed by atoms with Crippen molar-refractivity contribution in [2.45, 2.75) is 33.0 Å². The Morgan fingerprint density at radius 1 is 1.13 bits per heavy atom. The number of rotatable bonds is 10. The van der Waals surface area contributed by atoms with Crippen LogP contribution in [0, 0.1) is 0 Å². The fourth-order valence-electron chi connectivity index (χ4n) is 2.70. The molecule has 0 fully saturated rings. The number of hydrogen-bond acceptors (Lipinski definition) is 5. The highest BCUT2D eigenvalue weighted by Crippen LogP contribution is 2.30. The molecule has 0 spiro atoms. The number of hydrogen-bond donors (Lipinski definition) is 2. The van der Waals surface area contributed by atoms with Gasteiger partial charge in [0.25, 0.3) is 0 Å². The number of benzene rings is 2. The highest BCUT2D eigenvalue weighted by Gasteiger charge is 2.19. The van der Waals surface area contributed by atoms with Gasteiger partial charge in [0.2, 0.25) is 11.8 Å². The third-order valence-corrected chi connectivity index (χ3v) is 4.43. The molecule has 1 unspecified atom stereocenters. The number of amides is 2. The lowest BCUT2D eigenvalue weighted by molar-refractivity contribution is -0.120. The monoisotopic (exact) mass is 421 g/mol. The summed E-state index contributed by atoms with van der Waals surface area (Å²) in [6.07, 6.45) is 0. The number of halogens is 2. The summed E-state index contributed by atoms with van der Waals surface area (Å²) >= 11 is 0. The Hall–Kier alpha value is -3.20. The van der Waals surface area contributed by atoms with Crippen LogP contribution in [-0.4, -0.2) is 43.0 Å². The molecule has 162 valence electrons. The van der Waals surface area contributed by atoms with Crippen LogP contribution >= 0.6 is 0 Å². The molecule has 2 amide bonds. The minimum absolute atomic E-state index is 0.0385. The van der Waals surface area contributed by atoms with Gasteiger partial charge in [0.1, 0.15) is 0 Å². The van der Waals surface area contributed by atoms with Crippen LogP contribution in [0.5, 0.6) is 11.5 Å². The van der Waals surface area contributed by atoms with E-state index in [1.54, 1.807) is 50.1 Å².